The Bertz CT molecular complexity index is 275. The lowest BCUT2D eigenvalue weighted by atomic mass is 9.76. The van der Waals surface area contributed by atoms with Crippen molar-refractivity contribution in [3.63, 3.8) is 0 Å². The number of hydrogen-bond donors (Lipinski definition) is 2. The van der Waals surface area contributed by atoms with Crippen molar-refractivity contribution in [2.24, 2.45) is 17.4 Å². The lowest BCUT2D eigenvalue weighted by Gasteiger charge is -2.38. The highest BCUT2D eigenvalue weighted by molar-refractivity contribution is 5.32. The SMILES string of the molecule is CC(C(F)F)C1(N)C(F)=CC=CC1N. The van der Waals surface area contributed by atoms with E-state index < -0.39 is 29.8 Å². The van der Waals surface area contributed by atoms with Gasteiger partial charge in [0, 0.05) is 12.0 Å². The van der Waals surface area contributed by atoms with Gasteiger partial charge < -0.3 is 11.5 Å². The molecule has 0 amide bonds. The minimum atomic E-state index is -2.70. The fraction of sp³-hybridized carbons (Fsp3) is 0.556. The van der Waals surface area contributed by atoms with E-state index in [1.54, 1.807) is 0 Å². The van der Waals surface area contributed by atoms with Gasteiger partial charge in [-0.25, -0.2) is 13.2 Å². The first-order valence-corrected chi connectivity index (χ1v) is 4.27. The second kappa shape index (κ2) is 3.74. The van der Waals surface area contributed by atoms with Crippen molar-refractivity contribution < 1.29 is 13.2 Å². The Morgan fingerprint density at radius 2 is 2.07 bits per heavy atom. The number of rotatable bonds is 2. The summed E-state index contributed by atoms with van der Waals surface area (Å²) in [5.41, 5.74) is 9.32. The quantitative estimate of drug-likeness (QED) is 0.716. The van der Waals surface area contributed by atoms with Crippen LogP contribution in [0.15, 0.2) is 24.1 Å². The van der Waals surface area contributed by atoms with Crippen molar-refractivity contribution in [3.05, 3.63) is 24.1 Å². The highest BCUT2D eigenvalue weighted by atomic mass is 19.3. The number of halogens is 3. The molecule has 3 unspecified atom stereocenters. The fourth-order valence-electron chi connectivity index (χ4n) is 1.45. The van der Waals surface area contributed by atoms with Crippen LogP contribution in [-0.2, 0) is 0 Å². The minimum absolute atomic E-state index is 0.791. The second-order valence-electron chi connectivity index (χ2n) is 3.48. The van der Waals surface area contributed by atoms with Crippen LogP contribution >= 0.6 is 0 Å². The van der Waals surface area contributed by atoms with E-state index >= 15 is 0 Å². The minimum Gasteiger partial charge on any atom is -0.323 e. The maximum absolute atomic E-state index is 13.4. The smallest absolute Gasteiger partial charge is 0.243 e. The van der Waals surface area contributed by atoms with E-state index in [9.17, 15) is 13.2 Å². The summed E-state index contributed by atoms with van der Waals surface area (Å²) >= 11 is 0. The van der Waals surface area contributed by atoms with Crippen molar-refractivity contribution in [3.8, 4) is 0 Å². The standard InChI is InChI=1S/C9H13F3N2/c1-5(8(11)12)9(14)6(10)3-2-4-7(9)13/h2-5,7-8H,13-14H2,1H3. The zero-order valence-corrected chi connectivity index (χ0v) is 7.75. The Labute approximate surface area is 80.5 Å². The van der Waals surface area contributed by atoms with Crippen molar-refractivity contribution in [1.29, 1.82) is 0 Å². The van der Waals surface area contributed by atoms with Gasteiger partial charge in [0.2, 0.25) is 6.43 Å². The average molecular weight is 206 g/mol. The van der Waals surface area contributed by atoms with Gasteiger partial charge in [0.1, 0.15) is 5.83 Å². The molecule has 1 aliphatic carbocycles. The van der Waals surface area contributed by atoms with E-state index in [1.807, 2.05) is 0 Å². The number of alkyl halides is 2. The number of allylic oxidation sites excluding steroid dienone is 2. The summed E-state index contributed by atoms with van der Waals surface area (Å²) in [4.78, 5) is 0. The Morgan fingerprint density at radius 3 is 2.50 bits per heavy atom. The van der Waals surface area contributed by atoms with Crippen LogP contribution in [0.25, 0.3) is 0 Å². The van der Waals surface area contributed by atoms with Crippen molar-refractivity contribution >= 4 is 0 Å². The molecule has 80 valence electrons. The highest BCUT2D eigenvalue weighted by Crippen LogP contribution is 2.34. The molecule has 0 aromatic rings. The molecule has 0 fully saturated rings. The van der Waals surface area contributed by atoms with E-state index in [0.29, 0.717) is 0 Å². The van der Waals surface area contributed by atoms with Crippen LogP contribution in [0.4, 0.5) is 13.2 Å². The van der Waals surface area contributed by atoms with Gasteiger partial charge in [-0.3, -0.25) is 0 Å². The summed E-state index contributed by atoms with van der Waals surface area (Å²) in [6.07, 6.45) is 1.17. The van der Waals surface area contributed by atoms with Gasteiger partial charge in [0.25, 0.3) is 0 Å². The molecule has 0 saturated carbocycles. The van der Waals surface area contributed by atoms with E-state index in [-0.39, 0.29) is 0 Å². The van der Waals surface area contributed by atoms with Gasteiger partial charge in [-0.05, 0) is 6.08 Å². The molecule has 0 heterocycles. The number of hydrogen-bond acceptors (Lipinski definition) is 2. The Hall–Kier alpha value is -0.810. The molecule has 1 rings (SSSR count). The topological polar surface area (TPSA) is 52.0 Å². The van der Waals surface area contributed by atoms with Crippen LogP contribution in [0.1, 0.15) is 6.92 Å². The molecule has 1 aliphatic rings. The van der Waals surface area contributed by atoms with Crippen LogP contribution in [0, 0.1) is 5.92 Å². The zero-order valence-electron chi connectivity index (χ0n) is 7.75. The molecule has 0 saturated heterocycles. The predicted octanol–water partition coefficient (Wildman–Crippen LogP) is 1.34. The van der Waals surface area contributed by atoms with E-state index in [4.69, 9.17) is 11.5 Å². The average Bonchev–Trinajstić information content (AvgIpc) is 2.12. The summed E-state index contributed by atoms with van der Waals surface area (Å²) in [5, 5.41) is 0. The maximum Gasteiger partial charge on any atom is 0.243 e. The fourth-order valence-corrected chi connectivity index (χ4v) is 1.45. The monoisotopic (exact) mass is 206 g/mol. The third kappa shape index (κ3) is 1.57. The van der Waals surface area contributed by atoms with Gasteiger partial charge >= 0.3 is 0 Å². The lowest BCUT2D eigenvalue weighted by Crippen LogP contribution is -2.61. The molecular formula is C9H13F3N2. The Morgan fingerprint density at radius 1 is 1.50 bits per heavy atom. The van der Waals surface area contributed by atoms with Crippen LogP contribution in [0.2, 0.25) is 0 Å². The molecule has 0 radical (unpaired) electrons. The van der Waals surface area contributed by atoms with Crippen LogP contribution < -0.4 is 11.5 Å². The molecule has 5 heteroatoms. The molecule has 0 spiro atoms. The Kier molecular flexibility index (Phi) is 3.01. The third-order valence-corrected chi connectivity index (χ3v) is 2.66. The van der Waals surface area contributed by atoms with Crippen molar-refractivity contribution in [2.45, 2.75) is 24.9 Å². The van der Waals surface area contributed by atoms with Gasteiger partial charge in [0.05, 0.1) is 5.54 Å². The Balaban J connectivity index is 3.02. The normalized spacial score (nSPS) is 34.5. The first-order valence-electron chi connectivity index (χ1n) is 4.27. The number of nitrogens with two attached hydrogens (primary N) is 2. The molecule has 0 bridgehead atoms. The van der Waals surface area contributed by atoms with Crippen LogP contribution in [0.5, 0.6) is 0 Å². The predicted molar refractivity (Wildman–Crippen MR) is 48.4 cm³/mol. The molecule has 3 atom stereocenters. The highest BCUT2D eigenvalue weighted by Gasteiger charge is 2.46. The van der Waals surface area contributed by atoms with Gasteiger partial charge in [-0.1, -0.05) is 19.1 Å². The second-order valence-corrected chi connectivity index (χ2v) is 3.48. The first-order chi connectivity index (χ1) is 6.40. The largest absolute Gasteiger partial charge is 0.323 e. The maximum atomic E-state index is 13.4. The zero-order chi connectivity index (χ0) is 10.9. The lowest BCUT2D eigenvalue weighted by molar-refractivity contribution is 0.0405. The summed E-state index contributed by atoms with van der Waals surface area (Å²) in [7, 11) is 0. The van der Waals surface area contributed by atoms with E-state index in [1.165, 1.54) is 19.1 Å². The first kappa shape index (κ1) is 11.3. The van der Waals surface area contributed by atoms with Crippen molar-refractivity contribution in [2.75, 3.05) is 0 Å². The van der Waals surface area contributed by atoms with E-state index in [2.05, 4.69) is 0 Å². The van der Waals surface area contributed by atoms with Gasteiger partial charge in [-0.2, -0.15) is 0 Å². The third-order valence-electron chi connectivity index (χ3n) is 2.66. The molecule has 0 aromatic heterocycles. The van der Waals surface area contributed by atoms with Gasteiger partial charge in [0.15, 0.2) is 0 Å². The van der Waals surface area contributed by atoms with Gasteiger partial charge in [-0.15, -0.1) is 0 Å². The molecular weight excluding hydrogens is 193 g/mol. The van der Waals surface area contributed by atoms with E-state index in [0.717, 1.165) is 6.08 Å². The molecule has 0 aromatic carbocycles. The molecule has 0 aliphatic heterocycles. The molecule has 14 heavy (non-hydrogen) atoms. The summed E-state index contributed by atoms with van der Waals surface area (Å²) < 4.78 is 38.3. The summed E-state index contributed by atoms with van der Waals surface area (Å²) in [5.74, 6) is -2.11. The van der Waals surface area contributed by atoms with Crippen LogP contribution in [0.3, 0.4) is 0 Å². The van der Waals surface area contributed by atoms with Crippen molar-refractivity contribution in [1.82, 2.24) is 0 Å². The summed E-state index contributed by atoms with van der Waals surface area (Å²) in [6, 6.07) is -0.920. The molecule has 2 nitrogen and oxygen atoms in total. The van der Waals surface area contributed by atoms with Crippen LogP contribution in [-0.4, -0.2) is 18.0 Å². The molecule has 4 N–H and O–H groups in total. The summed E-state index contributed by atoms with van der Waals surface area (Å²) in [6.45, 7) is 1.19.